The van der Waals surface area contributed by atoms with Crippen molar-refractivity contribution in [2.24, 2.45) is 0 Å². The van der Waals surface area contributed by atoms with Gasteiger partial charge in [-0.3, -0.25) is 0 Å². The van der Waals surface area contributed by atoms with Crippen molar-refractivity contribution in [3.05, 3.63) is 49.3 Å². The molecule has 1 N–H and O–H groups in total. The molecule has 0 radical (unpaired) electrons. The lowest BCUT2D eigenvalue weighted by molar-refractivity contribution is -0.139. The van der Waals surface area contributed by atoms with Crippen LogP contribution in [-0.4, -0.2) is 30.3 Å². The molecule has 0 atom stereocenters. The van der Waals surface area contributed by atoms with Crippen molar-refractivity contribution in [2.75, 3.05) is 13.2 Å². The van der Waals surface area contributed by atoms with E-state index in [1.165, 1.54) is 12.1 Å². The second-order valence-corrected chi connectivity index (χ2v) is 3.50. The molecule has 1 aromatic rings. The quantitative estimate of drug-likeness (QED) is 0.268. The third kappa shape index (κ3) is 4.85. The Morgan fingerprint density at radius 1 is 1.20 bits per heavy atom. The largest absolute Gasteiger partial charge is 0.504 e. The van der Waals surface area contributed by atoms with Gasteiger partial charge in [0.1, 0.15) is 13.2 Å². The van der Waals surface area contributed by atoms with E-state index in [0.29, 0.717) is 0 Å². The van der Waals surface area contributed by atoms with E-state index in [4.69, 9.17) is 9.47 Å². The van der Waals surface area contributed by atoms with Crippen LogP contribution in [-0.2, 0) is 19.1 Å². The second-order valence-electron chi connectivity index (χ2n) is 3.50. The van der Waals surface area contributed by atoms with Crippen LogP contribution in [0.15, 0.2) is 49.3 Å². The van der Waals surface area contributed by atoms with Crippen LogP contribution in [0.4, 0.5) is 0 Å². The van der Waals surface area contributed by atoms with Crippen molar-refractivity contribution in [3.63, 3.8) is 0 Å². The summed E-state index contributed by atoms with van der Waals surface area (Å²) in [4.78, 5) is 22.3. The van der Waals surface area contributed by atoms with Gasteiger partial charge < -0.3 is 19.3 Å². The van der Waals surface area contributed by atoms with Crippen LogP contribution in [0, 0.1) is 0 Å². The molecule has 0 aliphatic carbocycles. The average molecular weight is 278 g/mol. The summed E-state index contributed by atoms with van der Waals surface area (Å²) in [5.41, 5.74) is 0. The zero-order valence-corrected chi connectivity index (χ0v) is 10.7. The smallest absolute Gasteiger partial charge is 0.378 e. The highest BCUT2D eigenvalue weighted by Gasteiger charge is 2.13. The van der Waals surface area contributed by atoms with E-state index < -0.39 is 11.9 Å². The van der Waals surface area contributed by atoms with Crippen LogP contribution in [0.3, 0.4) is 0 Å². The fourth-order valence-electron chi connectivity index (χ4n) is 1.13. The Kier molecular flexibility index (Phi) is 5.83. The van der Waals surface area contributed by atoms with Crippen molar-refractivity contribution in [1.29, 1.82) is 0 Å². The third-order valence-electron chi connectivity index (χ3n) is 2.07. The molecule has 1 aromatic carbocycles. The molecule has 0 bridgehead atoms. The summed E-state index contributed by atoms with van der Waals surface area (Å²) in [6, 6.07) is 5.99. The van der Waals surface area contributed by atoms with Crippen molar-refractivity contribution in [2.45, 2.75) is 0 Å². The molecule has 20 heavy (non-hydrogen) atoms. The Hall–Kier alpha value is -2.76. The summed E-state index contributed by atoms with van der Waals surface area (Å²) in [6.45, 7) is 6.51. The number of carbonyl (C=O) groups is 2. The number of hydrogen-bond acceptors (Lipinski definition) is 6. The number of benzene rings is 1. The lowest BCUT2D eigenvalue weighted by Crippen LogP contribution is -2.15. The molecule has 0 spiro atoms. The zero-order chi connectivity index (χ0) is 15.0. The standard InChI is InChI=1S/C14H14O6/c1-3-13(16)19-9-8-18-10(2)14(17)20-12-7-5-4-6-11(12)15/h3-7,15H,1-2,8-9H2. The topological polar surface area (TPSA) is 82.1 Å². The molecule has 0 fully saturated rings. The lowest BCUT2D eigenvalue weighted by Gasteiger charge is -2.09. The van der Waals surface area contributed by atoms with E-state index in [9.17, 15) is 14.7 Å². The van der Waals surface area contributed by atoms with Gasteiger partial charge in [-0.2, -0.15) is 0 Å². The van der Waals surface area contributed by atoms with Crippen LogP contribution in [0.25, 0.3) is 0 Å². The van der Waals surface area contributed by atoms with Crippen molar-refractivity contribution < 1.29 is 28.9 Å². The molecule has 0 aromatic heterocycles. The minimum absolute atomic E-state index is 0.000310. The highest BCUT2D eigenvalue weighted by molar-refractivity contribution is 5.87. The summed E-state index contributed by atoms with van der Waals surface area (Å²) in [5, 5.41) is 9.43. The summed E-state index contributed by atoms with van der Waals surface area (Å²) < 4.78 is 14.5. The predicted molar refractivity (Wildman–Crippen MR) is 70.0 cm³/mol. The summed E-state index contributed by atoms with van der Waals surface area (Å²) >= 11 is 0. The maximum Gasteiger partial charge on any atom is 0.378 e. The molecule has 0 amide bonds. The molecule has 106 valence electrons. The Morgan fingerprint density at radius 3 is 2.50 bits per heavy atom. The first-order valence-corrected chi connectivity index (χ1v) is 5.65. The number of aromatic hydroxyl groups is 1. The van der Waals surface area contributed by atoms with Crippen LogP contribution in [0.1, 0.15) is 0 Å². The molecule has 0 heterocycles. The molecule has 1 rings (SSSR count). The van der Waals surface area contributed by atoms with Crippen molar-refractivity contribution in [1.82, 2.24) is 0 Å². The minimum atomic E-state index is -0.846. The number of esters is 2. The molecule has 6 nitrogen and oxygen atoms in total. The Morgan fingerprint density at radius 2 is 1.85 bits per heavy atom. The summed E-state index contributed by atoms with van der Waals surface area (Å²) in [7, 11) is 0. The predicted octanol–water partition coefficient (Wildman–Crippen LogP) is 1.56. The summed E-state index contributed by atoms with van der Waals surface area (Å²) in [5.74, 6) is -1.87. The van der Waals surface area contributed by atoms with Gasteiger partial charge in [-0.15, -0.1) is 0 Å². The van der Waals surface area contributed by atoms with E-state index in [1.807, 2.05) is 0 Å². The highest BCUT2D eigenvalue weighted by Crippen LogP contribution is 2.25. The van der Waals surface area contributed by atoms with Gasteiger partial charge in [-0.1, -0.05) is 18.7 Å². The number of hydrogen-bond donors (Lipinski definition) is 1. The lowest BCUT2D eigenvalue weighted by atomic mass is 10.3. The van der Waals surface area contributed by atoms with Crippen molar-refractivity contribution >= 4 is 11.9 Å². The Bertz CT molecular complexity index is 520. The summed E-state index contributed by atoms with van der Waals surface area (Å²) in [6.07, 6.45) is 1.02. The maximum atomic E-state index is 11.6. The van der Waals surface area contributed by atoms with Gasteiger partial charge >= 0.3 is 11.9 Å². The highest BCUT2D eigenvalue weighted by atomic mass is 16.6. The van der Waals surface area contributed by atoms with Gasteiger partial charge in [-0.05, 0) is 18.7 Å². The van der Waals surface area contributed by atoms with Gasteiger partial charge in [-0.25, -0.2) is 9.59 Å². The Labute approximate surface area is 115 Å². The molecular formula is C14H14O6. The van der Waals surface area contributed by atoms with Crippen LogP contribution in [0.5, 0.6) is 11.5 Å². The number of phenolic OH excluding ortho intramolecular Hbond substituents is 1. The van der Waals surface area contributed by atoms with Crippen LogP contribution >= 0.6 is 0 Å². The fraction of sp³-hybridized carbons (Fsp3) is 0.143. The molecule has 0 saturated carbocycles. The van der Waals surface area contributed by atoms with E-state index in [-0.39, 0.29) is 30.5 Å². The normalized spacial score (nSPS) is 9.40. The molecule has 0 aliphatic rings. The second kappa shape index (κ2) is 7.63. The minimum Gasteiger partial charge on any atom is -0.504 e. The first-order chi connectivity index (χ1) is 9.54. The maximum absolute atomic E-state index is 11.6. The van der Waals surface area contributed by atoms with Gasteiger partial charge in [0.25, 0.3) is 0 Å². The average Bonchev–Trinajstić information content (AvgIpc) is 2.45. The fourth-order valence-corrected chi connectivity index (χ4v) is 1.13. The van der Waals surface area contributed by atoms with Gasteiger partial charge in [0.05, 0.1) is 0 Å². The zero-order valence-electron chi connectivity index (χ0n) is 10.7. The SMILES string of the molecule is C=CC(=O)OCCOC(=C)C(=O)Oc1ccccc1O. The first-order valence-electron chi connectivity index (χ1n) is 5.65. The number of ether oxygens (including phenoxy) is 3. The van der Waals surface area contributed by atoms with Gasteiger partial charge in [0, 0.05) is 6.08 Å². The molecule has 0 unspecified atom stereocenters. The van der Waals surface area contributed by atoms with E-state index in [1.54, 1.807) is 12.1 Å². The van der Waals surface area contributed by atoms with E-state index in [0.717, 1.165) is 6.08 Å². The van der Waals surface area contributed by atoms with Crippen LogP contribution < -0.4 is 4.74 Å². The number of phenols is 1. The third-order valence-corrected chi connectivity index (χ3v) is 2.07. The number of carbonyl (C=O) groups excluding carboxylic acids is 2. The molecular weight excluding hydrogens is 264 g/mol. The first kappa shape index (κ1) is 15.3. The van der Waals surface area contributed by atoms with Gasteiger partial charge in [0.2, 0.25) is 0 Å². The van der Waals surface area contributed by atoms with E-state index >= 15 is 0 Å². The van der Waals surface area contributed by atoms with Gasteiger partial charge in [0.15, 0.2) is 17.3 Å². The monoisotopic (exact) mass is 278 g/mol. The molecule has 0 aliphatic heterocycles. The Balaban J connectivity index is 2.37. The number of para-hydroxylation sites is 2. The van der Waals surface area contributed by atoms with Crippen molar-refractivity contribution in [3.8, 4) is 11.5 Å². The number of rotatable bonds is 7. The molecule has 0 saturated heterocycles. The van der Waals surface area contributed by atoms with E-state index in [2.05, 4.69) is 17.9 Å². The molecule has 6 heteroatoms. The van der Waals surface area contributed by atoms with Crippen LogP contribution in [0.2, 0.25) is 0 Å².